The van der Waals surface area contributed by atoms with E-state index in [4.69, 9.17) is 9.72 Å². The van der Waals surface area contributed by atoms with Crippen molar-refractivity contribution in [3.05, 3.63) is 41.5 Å². The van der Waals surface area contributed by atoms with Crippen molar-refractivity contribution < 1.29 is 14.9 Å². The first-order valence-electron chi connectivity index (χ1n) is 13.2. The predicted octanol–water partition coefficient (Wildman–Crippen LogP) is 6.76. The van der Waals surface area contributed by atoms with Crippen LogP contribution in [-0.2, 0) is 0 Å². The number of hydrogen-bond acceptors (Lipinski definition) is 6. The molecular weight excluding hydrogens is 474 g/mol. The Hall–Kier alpha value is -1.34. The molecule has 4 aliphatic rings. The highest BCUT2D eigenvalue weighted by Crippen LogP contribution is 2.66. The molecule has 2 N–H and O–H groups in total. The van der Waals surface area contributed by atoms with Gasteiger partial charge in [0.15, 0.2) is 4.34 Å². The summed E-state index contributed by atoms with van der Waals surface area (Å²) < 4.78 is 7.82. The summed E-state index contributed by atoms with van der Waals surface area (Å²) in [6, 6.07) is 6.09. The molecule has 0 spiro atoms. The second-order valence-electron chi connectivity index (χ2n) is 11.6. The summed E-state index contributed by atoms with van der Waals surface area (Å²) in [7, 11) is 0. The molecule has 35 heavy (non-hydrogen) atoms. The average molecular weight is 512 g/mol. The number of fused-ring (bicyclic) bond motifs is 6. The molecule has 3 fully saturated rings. The summed E-state index contributed by atoms with van der Waals surface area (Å²) in [4.78, 5) is 4.83. The number of thioether (sulfide) groups is 1. The van der Waals surface area contributed by atoms with Gasteiger partial charge in [-0.15, -0.1) is 11.3 Å². The third kappa shape index (κ3) is 3.74. The fourth-order valence-corrected chi connectivity index (χ4v) is 10.1. The minimum Gasteiger partial charge on any atom is -0.494 e. The fourth-order valence-electron chi connectivity index (χ4n) is 7.71. The Kier molecular flexibility index (Phi) is 5.91. The van der Waals surface area contributed by atoms with E-state index in [-0.39, 0.29) is 16.9 Å². The summed E-state index contributed by atoms with van der Waals surface area (Å²) in [5, 5.41) is 22.3. The Balaban J connectivity index is 1.22. The minimum absolute atomic E-state index is 0.100. The zero-order chi connectivity index (χ0) is 24.4. The number of allylic oxidation sites excluding steroid dienone is 3. The second kappa shape index (κ2) is 8.61. The molecule has 0 aliphatic heterocycles. The average Bonchev–Trinajstić information content (AvgIpc) is 3.36. The van der Waals surface area contributed by atoms with Crippen LogP contribution in [0.25, 0.3) is 10.2 Å². The number of aromatic nitrogens is 1. The Morgan fingerprint density at radius 2 is 1.94 bits per heavy atom. The van der Waals surface area contributed by atoms with Gasteiger partial charge in [-0.2, -0.15) is 0 Å². The summed E-state index contributed by atoms with van der Waals surface area (Å²) in [6.45, 7) is 7.45. The van der Waals surface area contributed by atoms with E-state index in [1.54, 1.807) is 28.7 Å². The molecule has 4 aliphatic carbocycles. The van der Waals surface area contributed by atoms with Crippen LogP contribution in [0, 0.1) is 22.7 Å². The molecule has 0 amide bonds. The van der Waals surface area contributed by atoms with Crippen LogP contribution in [0.15, 0.2) is 45.8 Å². The summed E-state index contributed by atoms with van der Waals surface area (Å²) in [5.41, 5.74) is 3.42. The van der Waals surface area contributed by atoms with Gasteiger partial charge in [0.25, 0.3) is 0 Å². The monoisotopic (exact) mass is 511 g/mol. The van der Waals surface area contributed by atoms with Gasteiger partial charge in [-0.3, -0.25) is 0 Å². The smallest absolute Gasteiger partial charge is 0.151 e. The Morgan fingerprint density at radius 1 is 1.11 bits per heavy atom. The lowest BCUT2D eigenvalue weighted by Crippen LogP contribution is -2.52. The van der Waals surface area contributed by atoms with Gasteiger partial charge in [0, 0.05) is 11.2 Å². The number of rotatable bonds is 5. The van der Waals surface area contributed by atoms with Crippen molar-refractivity contribution in [1.29, 1.82) is 0 Å². The number of thiazole rings is 1. The molecule has 0 bridgehead atoms. The highest BCUT2D eigenvalue weighted by molar-refractivity contribution is 8.01. The van der Waals surface area contributed by atoms with Gasteiger partial charge in [-0.25, -0.2) is 4.98 Å². The highest BCUT2D eigenvalue weighted by Gasteiger charge is 2.61. The normalized spacial score (nSPS) is 38.4. The summed E-state index contributed by atoms with van der Waals surface area (Å²) >= 11 is 3.42. The van der Waals surface area contributed by atoms with Crippen LogP contribution < -0.4 is 4.74 Å². The number of benzene rings is 1. The van der Waals surface area contributed by atoms with Gasteiger partial charge in [0.2, 0.25) is 0 Å². The zero-order valence-corrected chi connectivity index (χ0v) is 22.7. The number of ether oxygens (including phenoxy) is 1. The van der Waals surface area contributed by atoms with Crippen LogP contribution in [0.1, 0.15) is 65.7 Å². The molecule has 1 heterocycles. The molecule has 6 rings (SSSR count). The lowest BCUT2D eigenvalue weighted by molar-refractivity contribution is -0.0678. The molecule has 6 heteroatoms. The zero-order valence-electron chi connectivity index (χ0n) is 21.0. The van der Waals surface area contributed by atoms with E-state index in [9.17, 15) is 10.2 Å². The Bertz CT molecular complexity index is 1200. The van der Waals surface area contributed by atoms with Crippen molar-refractivity contribution in [2.45, 2.75) is 81.8 Å². The first-order valence-corrected chi connectivity index (χ1v) is 15.0. The summed E-state index contributed by atoms with van der Waals surface area (Å²) in [5.74, 6) is 2.59. The van der Waals surface area contributed by atoms with Gasteiger partial charge in [-0.05, 0) is 87.3 Å². The van der Waals surface area contributed by atoms with Gasteiger partial charge in [0.05, 0.1) is 28.5 Å². The topological polar surface area (TPSA) is 62.6 Å². The quantitative estimate of drug-likeness (QED) is 0.434. The largest absolute Gasteiger partial charge is 0.494 e. The van der Waals surface area contributed by atoms with Gasteiger partial charge < -0.3 is 14.9 Å². The molecule has 188 valence electrons. The SMILES string of the molecule is CCOc1ccc2nc(SCC3(O)CCC4C5=CC=C6CC(O)CCC6(C)C5CCC43C)sc2c1. The summed E-state index contributed by atoms with van der Waals surface area (Å²) in [6.07, 6.45) is 11.5. The first kappa shape index (κ1) is 24.0. The third-order valence-electron chi connectivity index (χ3n) is 9.95. The van der Waals surface area contributed by atoms with Crippen molar-refractivity contribution in [3.63, 3.8) is 0 Å². The number of aliphatic hydroxyl groups excluding tert-OH is 1. The van der Waals surface area contributed by atoms with Crippen LogP contribution in [-0.4, -0.2) is 39.3 Å². The van der Waals surface area contributed by atoms with E-state index in [0.717, 1.165) is 65.3 Å². The van der Waals surface area contributed by atoms with Gasteiger partial charge in [-0.1, -0.05) is 48.9 Å². The molecule has 6 unspecified atom stereocenters. The van der Waals surface area contributed by atoms with Crippen LogP contribution in [0.2, 0.25) is 0 Å². The van der Waals surface area contributed by atoms with Gasteiger partial charge >= 0.3 is 0 Å². The number of aliphatic hydroxyl groups is 2. The van der Waals surface area contributed by atoms with Gasteiger partial charge in [0.1, 0.15) is 5.75 Å². The Labute approximate surface area is 216 Å². The maximum atomic E-state index is 12.1. The lowest BCUT2D eigenvalue weighted by atomic mass is 9.50. The highest BCUT2D eigenvalue weighted by atomic mass is 32.2. The standard InChI is InChI=1S/C29H37NO3S2/c1-4-33-20-6-8-24-25(16-20)35-26(30-24)34-17-29(32)14-11-23-21-7-5-18-15-19(31)9-12-27(18,2)22(21)10-13-28(23,29)3/h5-8,16,19,22-23,31-32H,4,9-15,17H2,1-3H3. The predicted molar refractivity (Wildman–Crippen MR) is 144 cm³/mol. The maximum absolute atomic E-state index is 12.1. The van der Waals surface area contributed by atoms with Crippen LogP contribution in [0.3, 0.4) is 0 Å². The molecule has 4 nitrogen and oxygen atoms in total. The van der Waals surface area contributed by atoms with E-state index in [1.807, 2.05) is 19.1 Å². The van der Waals surface area contributed by atoms with E-state index in [0.29, 0.717) is 24.2 Å². The van der Waals surface area contributed by atoms with E-state index in [1.165, 1.54) is 5.57 Å². The molecular formula is C29H37NO3S2. The molecule has 1 aromatic carbocycles. The molecule has 3 saturated carbocycles. The first-order chi connectivity index (χ1) is 16.8. The molecule has 2 aromatic rings. The van der Waals surface area contributed by atoms with Crippen molar-refractivity contribution in [1.82, 2.24) is 4.98 Å². The molecule has 1 aromatic heterocycles. The minimum atomic E-state index is -0.684. The van der Waals surface area contributed by atoms with Crippen LogP contribution in [0.4, 0.5) is 0 Å². The fraction of sp³-hybridized carbons (Fsp3) is 0.621. The maximum Gasteiger partial charge on any atom is 0.151 e. The Morgan fingerprint density at radius 3 is 2.77 bits per heavy atom. The van der Waals surface area contributed by atoms with Crippen molar-refractivity contribution in [2.75, 3.05) is 12.4 Å². The molecule has 0 radical (unpaired) electrons. The molecule has 6 atom stereocenters. The van der Waals surface area contributed by atoms with E-state index in [2.05, 4.69) is 32.1 Å². The van der Waals surface area contributed by atoms with E-state index >= 15 is 0 Å². The van der Waals surface area contributed by atoms with Crippen molar-refractivity contribution in [3.8, 4) is 5.75 Å². The number of nitrogens with zero attached hydrogens (tertiary/aromatic N) is 1. The second-order valence-corrected chi connectivity index (χ2v) is 13.9. The van der Waals surface area contributed by atoms with Crippen molar-refractivity contribution >= 4 is 33.3 Å². The van der Waals surface area contributed by atoms with Crippen LogP contribution >= 0.6 is 23.1 Å². The number of hydrogen-bond donors (Lipinski definition) is 2. The molecule has 0 saturated heterocycles. The van der Waals surface area contributed by atoms with Crippen molar-refractivity contribution in [2.24, 2.45) is 22.7 Å². The van der Waals surface area contributed by atoms with E-state index < -0.39 is 5.60 Å². The third-order valence-corrected chi connectivity index (χ3v) is 12.3. The lowest BCUT2D eigenvalue weighted by Gasteiger charge is -2.56. The van der Waals surface area contributed by atoms with Crippen LogP contribution in [0.5, 0.6) is 5.75 Å².